The van der Waals surface area contributed by atoms with Crippen LogP contribution in [0.2, 0.25) is 5.15 Å². The second kappa shape index (κ2) is 5.06. The molecule has 0 aliphatic rings. The largest absolute Gasteiger partial charge is 0.395 e. The van der Waals surface area contributed by atoms with E-state index < -0.39 is 0 Å². The molecule has 88 valence electrons. The average Bonchev–Trinajstić information content (AvgIpc) is 2.36. The van der Waals surface area contributed by atoms with E-state index in [9.17, 15) is 0 Å². The number of rotatable bonds is 3. The Balaban J connectivity index is 2.19. The van der Waals surface area contributed by atoms with Gasteiger partial charge in [0.1, 0.15) is 0 Å². The number of nitrogens with zero attached hydrogens (tertiary/aromatic N) is 1. The van der Waals surface area contributed by atoms with Crippen molar-refractivity contribution < 1.29 is 0 Å². The van der Waals surface area contributed by atoms with Crippen molar-refractivity contribution in [2.75, 3.05) is 11.1 Å². The van der Waals surface area contributed by atoms with E-state index in [1.807, 2.05) is 24.3 Å². The molecule has 4 heteroatoms. The molecular weight excluding hydrogens is 234 g/mol. The summed E-state index contributed by atoms with van der Waals surface area (Å²) >= 11 is 5.87. The fraction of sp³-hybridized carbons (Fsp3) is 0.154. The van der Waals surface area contributed by atoms with E-state index in [1.165, 1.54) is 5.56 Å². The first-order valence-corrected chi connectivity index (χ1v) is 5.77. The van der Waals surface area contributed by atoms with Gasteiger partial charge < -0.3 is 11.1 Å². The highest BCUT2D eigenvalue weighted by atomic mass is 35.5. The molecule has 1 heterocycles. The molecule has 17 heavy (non-hydrogen) atoms. The number of nitrogens with one attached hydrogen (secondary N) is 1. The predicted molar refractivity (Wildman–Crippen MR) is 72.1 cm³/mol. The number of nitrogen functional groups attached to an aromatic ring is 1. The first-order chi connectivity index (χ1) is 8.18. The number of pyridine rings is 1. The molecule has 0 radical (unpaired) electrons. The van der Waals surface area contributed by atoms with Gasteiger partial charge in [-0.1, -0.05) is 41.9 Å². The maximum atomic E-state index is 5.87. The number of hydrogen-bond donors (Lipinski definition) is 2. The number of nitrogens with two attached hydrogens (primary N) is 1. The fourth-order valence-electron chi connectivity index (χ4n) is 1.63. The predicted octanol–water partition coefficient (Wildman–Crippen LogP) is 3.49. The molecule has 2 rings (SSSR count). The summed E-state index contributed by atoms with van der Waals surface area (Å²) in [6.45, 7) is 2.07. The van der Waals surface area contributed by atoms with Gasteiger partial charge in [0, 0.05) is 12.2 Å². The van der Waals surface area contributed by atoms with Gasteiger partial charge in [-0.3, -0.25) is 0 Å². The Morgan fingerprint density at radius 1 is 1.24 bits per heavy atom. The summed E-state index contributed by atoms with van der Waals surface area (Å²) < 4.78 is 0. The minimum atomic E-state index is 0.164. The zero-order valence-electron chi connectivity index (χ0n) is 9.52. The summed E-state index contributed by atoms with van der Waals surface area (Å²) in [5.74, 6) is 0. The van der Waals surface area contributed by atoms with Crippen LogP contribution in [0.15, 0.2) is 42.6 Å². The maximum Gasteiger partial charge on any atom is 0.153 e. The topological polar surface area (TPSA) is 50.9 Å². The third kappa shape index (κ3) is 2.68. The Kier molecular flexibility index (Phi) is 3.49. The Morgan fingerprint density at radius 2 is 1.94 bits per heavy atom. The maximum absolute atomic E-state index is 5.87. The molecule has 0 saturated heterocycles. The smallest absolute Gasteiger partial charge is 0.153 e. The minimum Gasteiger partial charge on any atom is -0.395 e. The van der Waals surface area contributed by atoms with E-state index in [4.69, 9.17) is 17.3 Å². The lowest BCUT2D eigenvalue weighted by Gasteiger charge is -2.17. The van der Waals surface area contributed by atoms with E-state index in [0.717, 1.165) is 5.69 Å². The Morgan fingerprint density at radius 3 is 2.65 bits per heavy atom. The standard InChI is InChI=1S/C13H14ClN3/c1-9(10-5-3-2-4-6-10)17-11-7-8-16-13(14)12(11)15/h2-9H,15H2,1H3,(H,16,17). The van der Waals surface area contributed by atoms with Gasteiger partial charge in [0.2, 0.25) is 0 Å². The van der Waals surface area contributed by atoms with Gasteiger partial charge in [-0.25, -0.2) is 4.98 Å². The van der Waals surface area contributed by atoms with Gasteiger partial charge in [0.05, 0.1) is 11.4 Å². The lowest BCUT2D eigenvalue weighted by Crippen LogP contribution is -2.08. The van der Waals surface area contributed by atoms with Crippen LogP contribution in [0, 0.1) is 0 Å². The minimum absolute atomic E-state index is 0.164. The van der Waals surface area contributed by atoms with Crippen molar-refractivity contribution in [1.29, 1.82) is 0 Å². The zero-order chi connectivity index (χ0) is 12.3. The van der Waals surface area contributed by atoms with Crippen LogP contribution in [0.25, 0.3) is 0 Å². The van der Waals surface area contributed by atoms with Gasteiger partial charge in [0.25, 0.3) is 0 Å². The summed E-state index contributed by atoms with van der Waals surface area (Å²) in [6.07, 6.45) is 1.64. The number of hydrogen-bond acceptors (Lipinski definition) is 3. The number of anilines is 2. The lowest BCUT2D eigenvalue weighted by atomic mass is 10.1. The molecule has 0 amide bonds. The molecule has 1 atom stereocenters. The Labute approximate surface area is 106 Å². The van der Waals surface area contributed by atoms with Crippen molar-refractivity contribution in [1.82, 2.24) is 4.98 Å². The van der Waals surface area contributed by atoms with Gasteiger partial charge in [0.15, 0.2) is 5.15 Å². The van der Waals surface area contributed by atoms with Crippen LogP contribution in [-0.2, 0) is 0 Å². The molecule has 0 saturated carbocycles. The Hall–Kier alpha value is -1.74. The number of benzene rings is 1. The molecule has 0 aliphatic heterocycles. The second-order valence-electron chi connectivity index (χ2n) is 3.84. The van der Waals surface area contributed by atoms with Crippen LogP contribution >= 0.6 is 11.6 Å². The first kappa shape index (κ1) is 11.7. The average molecular weight is 248 g/mol. The molecule has 0 spiro atoms. The normalized spacial score (nSPS) is 12.1. The fourth-order valence-corrected chi connectivity index (χ4v) is 1.79. The van der Waals surface area contributed by atoms with Gasteiger partial charge in [-0.2, -0.15) is 0 Å². The summed E-state index contributed by atoms with van der Waals surface area (Å²) in [5, 5.41) is 3.65. The van der Waals surface area contributed by atoms with Crippen molar-refractivity contribution in [2.45, 2.75) is 13.0 Å². The number of halogens is 1. The quantitative estimate of drug-likeness (QED) is 0.817. The van der Waals surface area contributed by atoms with Crippen LogP contribution in [0.3, 0.4) is 0 Å². The molecule has 3 N–H and O–H groups in total. The van der Waals surface area contributed by atoms with E-state index in [1.54, 1.807) is 6.20 Å². The molecule has 0 fully saturated rings. The van der Waals surface area contributed by atoms with Crippen LogP contribution in [0.5, 0.6) is 0 Å². The molecular formula is C13H14ClN3. The van der Waals surface area contributed by atoms with Gasteiger partial charge >= 0.3 is 0 Å². The van der Waals surface area contributed by atoms with Crippen molar-refractivity contribution in [3.63, 3.8) is 0 Å². The summed E-state index contributed by atoms with van der Waals surface area (Å²) in [4.78, 5) is 3.92. The highest BCUT2D eigenvalue weighted by Gasteiger charge is 2.08. The van der Waals surface area contributed by atoms with Gasteiger partial charge in [-0.05, 0) is 18.6 Å². The molecule has 1 aromatic carbocycles. The van der Waals surface area contributed by atoms with E-state index >= 15 is 0 Å². The molecule has 2 aromatic rings. The highest BCUT2D eigenvalue weighted by molar-refractivity contribution is 6.32. The molecule has 0 aliphatic carbocycles. The molecule has 3 nitrogen and oxygen atoms in total. The first-order valence-electron chi connectivity index (χ1n) is 5.40. The van der Waals surface area contributed by atoms with E-state index in [0.29, 0.717) is 10.8 Å². The molecule has 1 aromatic heterocycles. The summed E-state index contributed by atoms with van der Waals surface area (Å²) in [7, 11) is 0. The van der Waals surface area contributed by atoms with Crippen LogP contribution in [-0.4, -0.2) is 4.98 Å². The lowest BCUT2D eigenvalue weighted by molar-refractivity contribution is 0.885. The third-order valence-corrected chi connectivity index (χ3v) is 2.91. The van der Waals surface area contributed by atoms with Crippen molar-refractivity contribution >= 4 is 23.0 Å². The highest BCUT2D eigenvalue weighted by Crippen LogP contribution is 2.27. The van der Waals surface area contributed by atoms with E-state index in [-0.39, 0.29) is 6.04 Å². The zero-order valence-corrected chi connectivity index (χ0v) is 10.3. The van der Waals surface area contributed by atoms with Crippen LogP contribution in [0.4, 0.5) is 11.4 Å². The van der Waals surface area contributed by atoms with Crippen molar-refractivity contribution in [3.05, 3.63) is 53.3 Å². The van der Waals surface area contributed by atoms with Gasteiger partial charge in [-0.15, -0.1) is 0 Å². The number of aromatic nitrogens is 1. The summed E-state index contributed by atoms with van der Waals surface area (Å²) in [5.41, 5.74) is 8.34. The van der Waals surface area contributed by atoms with Crippen LogP contribution in [0.1, 0.15) is 18.5 Å². The Bertz CT molecular complexity index is 499. The monoisotopic (exact) mass is 247 g/mol. The summed E-state index contributed by atoms with van der Waals surface area (Å²) in [6, 6.07) is 12.1. The molecule has 0 bridgehead atoms. The third-order valence-electron chi connectivity index (χ3n) is 2.61. The van der Waals surface area contributed by atoms with Crippen molar-refractivity contribution in [2.24, 2.45) is 0 Å². The van der Waals surface area contributed by atoms with Crippen molar-refractivity contribution in [3.8, 4) is 0 Å². The van der Waals surface area contributed by atoms with E-state index in [2.05, 4.69) is 29.4 Å². The van der Waals surface area contributed by atoms with Crippen LogP contribution < -0.4 is 11.1 Å². The molecule has 1 unspecified atom stereocenters. The SMILES string of the molecule is CC(Nc1ccnc(Cl)c1N)c1ccccc1. The second-order valence-corrected chi connectivity index (χ2v) is 4.20.